The Kier molecular flexibility index (Phi) is 8.75. The quantitative estimate of drug-likeness (QED) is 0.478. The number of aliphatic hydroxyl groups is 1. The van der Waals surface area contributed by atoms with Crippen LogP contribution in [0.4, 0.5) is 18.9 Å². The fraction of sp³-hybridized carbons (Fsp3) is 0.576. The van der Waals surface area contributed by atoms with Crippen molar-refractivity contribution >= 4 is 23.4 Å². The fourth-order valence-electron chi connectivity index (χ4n) is 7.71. The van der Waals surface area contributed by atoms with Gasteiger partial charge < -0.3 is 25.1 Å². The van der Waals surface area contributed by atoms with E-state index in [0.29, 0.717) is 38.2 Å². The maximum atomic E-state index is 13.1. The molecule has 0 bridgehead atoms. The van der Waals surface area contributed by atoms with Crippen LogP contribution in [0.3, 0.4) is 0 Å². The molecular weight excluding hydrogens is 601 g/mol. The average Bonchev–Trinajstić information content (AvgIpc) is 3.62. The number of hydrogen-bond donors (Lipinski definition) is 2. The van der Waals surface area contributed by atoms with Gasteiger partial charge in [-0.2, -0.15) is 13.2 Å². The number of halogens is 3. The monoisotopic (exact) mass is 642 g/mol. The highest BCUT2D eigenvalue weighted by Gasteiger charge is 2.48. The van der Waals surface area contributed by atoms with Crippen LogP contribution in [0.15, 0.2) is 42.6 Å². The summed E-state index contributed by atoms with van der Waals surface area (Å²) < 4.78 is 39.1. The first-order valence-electron chi connectivity index (χ1n) is 16.0. The SMILES string of the molecule is CN(C)C(=O)C1CN(c2ccc(C3(O)CCC(N4CCC5C4CCN5C(=O)CNC(=O)c4cccc(C(F)(F)F)c4)CC3)nc2)C1. The van der Waals surface area contributed by atoms with Crippen molar-refractivity contribution in [1.82, 2.24) is 25.0 Å². The second-order valence-corrected chi connectivity index (χ2v) is 13.3. The summed E-state index contributed by atoms with van der Waals surface area (Å²) in [7, 11) is 3.54. The molecule has 2 unspecified atom stereocenters. The van der Waals surface area contributed by atoms with Gasteiger partial charge in [0.25, 0.3) is 5.91 Å². The maximum Gasteiger partial charge on any atom is 0.416 e. The predicted molar refractivity (Wildman–Crippen MR) is 164 cm³/mol. The van der Waals surface area contributed by atoms with Crippen molar-refractivity contribution in [3.8, 4) is 0 Å². The Balaban J connectivity index is 0.983. The molecule has 46 heavy (non-hydrogen) atoms. The number of benzene rings is 1. The smallest absolute Gasteiger partial charge is 0.384 e. The van der Waals surface area contributed by atoms with Crippen molar-refractivity contribution in [3.63, 3.8) is 0 Å². The molecule has 1 saturated carbocycles. The van der Waals surface area contributed by atoms with E-state index in [0.717, 1.165) is 50.0 Å². The minimum Gasteiger partial charge on any atom is -0.384 e. The zero-order valence-corrected chi connectivity index (χ0v) is 26.2. The van der Waals surface area contributed by atoms with Gasteiger partial charge in [-0.05, 0) is 68.9 Å². The lowest BCUT2D eigenvalue weighted by Gasteiger charge is -2.42. The van der Waals surface area contributed by atoms with Gasteiger partial charge in [0, 0.05) is 64.0 Å². The fourth-order valence-corrected chi connectivity index (χ4v) is 7.71. The molecule has 1 aromatic heterocycles. The number of nitrogens with zero attached hydrogens (tertiary/aromatic N) is 5. The van der Waals surface area contributed by atoms with Crippen LogP contribution in [-0.2, 0) is 21.4 Å². The molecule has 2 aromatic rings. The first-order chi connectivity index (χ1) is 21.8. The average molecular weight is 643 g/mol. The Morgan fingerprint density at radius 3 is 2.39 bits per heavy atom. The lowest BCUT2D eigenvalue weighted by molar-refractivity contribution is -0.137. The molecule has 6 rings (SSSR count). The van der Waals surface area contributed by atoms with Gasteiger partial charge in [-0.25, -0.2) is 0 Å². The van der Waals surface area contributed by atoms with E-state index in [1.807, 2.05) is 12.1 Å². The lowest BCUT2D eigenvalue weighted by Crippen LogP contribution is -2.53. The third kappa shape index (κ3) is 6.31. The van der Waals surface area contributed by atoms with E-state index in [-0.39, 0.29) is 48.0 Å². The number of nitrogens with one attached hydrogen (secondary N) is 1. The summed E-state index contributed by atoms with van der Waals surface area (Å²) in [6.07, 6.45) is 1.66. The molecule has 0 spiro atoms. The topological polar surface area (TPSA) is 109 Å². The molecule has 2 atom stereocenters. The van der Waals surface area contributed by atoms with E-state index in [1.54, 1.807) is 30.1 Å². The highest BCUT2D eigenvalue weighted by molar-refractivity contribution is 5.96. The molecule has 4 fully saturated rings. The number of rotatable bonds is 7. The number of carbonyl (C=O) groups is 3. The molecule has 4 heterocycles. The minimum absolute atomic E-state index is 0.00307. The van der Waals surface area contributed by atoms with E-state index in [2.05, 4.69) is 20.1 Å². The summed E-state index contributed by atoms with van der Waals surface area (Å²) in [5.74, 6) is -0.814. The molecule has 10 nitrogen and oxygen atoms in total. The van der Waals surface area contributed by atoms with Crippen molar-refractivity contribution < 1.29 is 32.7 Å². The first kappa shape index (κ1) is 32.2. The third-order valence-electron chi connectivity index (χ3n) is 10.3. The second kappa shape index (κ2) is 12.5. The van der Waals surface area contributed by atoms with Crippen molar-refractivity contribution in [2.24, 2.45) is 5.92 Å². The Labute approximate surface area is 266 Å². The molecule has 3 aliphatic heterocycles. The molecule has 1 aliphatic carbocycles. The number of carbonyl (C=O) groups excluding carboxylic acids is 3. The van der Waals surface area contributed by atoms with Gasteiger partial charge in [-0.1, -0.05) is 6.07 Å². The Morgan fingerprint density at radius 1 is 1.02 bits per heavy atom. The van der Waals surface area contributed by atoms with E-state index in [1.165, 1.54) is 12.1 Å². The van der Waals surface area contributed by atoms with Gasteiger partial charge in [0.05, 0.1) is 35.6 Å². The molecule has 0 radical (unpaired) electrons. The Bertz CT molecular complexity index is 1450. The van der Waals surface area contributed by atoms with Gasteiger partial charge in [0.2, 0.25) is 11.8 Å². The van der Waals surface area contributed by atoms with Gasteiger partial charge in [-0.15, -0.1) is 0 Å². The number of anilines is 1. The van der Waals surface area contributed by atoms with Crippen LogP contribution in [0.5, 0.6) is 0 Å². The second-order valence-electron chi connectivity index (χ2n) is 13.3. The number of hydrogen-bond acceptors (Lipinski definition) is 7. The summed E-state index contributed by atoms with van der Waals surface area (Å²) >= 11 is 0. The van der Waals surface area contributed by atoms with Crippen LogP contribution in [-0.4, -0.2) is 107 Å². The molecule has 3 saturated heterocycles. The summed E-state index contributed by atoms with van der Waals surface area (Å²) in [6, 6.07) is 8.56. The highest BCUT2D eigenvalue weighted by atomic mass is 19.4. The molecule has 248 valence electrons. The molecule has 2 N–H and O–H groups in total. The number of amides is 3. The van der Waals surface area contributed by atoms with Crippen LogP contribution in [0.2, 0.25) is 0 Å². The van der Waals surface area contributed by atoms with Crippen molar-refractivity contribution in [1.29, 1.82) is 0 Å². The molecule has 4 aliphatic rings. The van der Waals surface area contributed by atoms with Gasteiger partial charge in [0.1, 0.15) is 5.60 Å². The zero-order valence-electron chi connectivity index (χ0n) is 26.2. The van der Waals surface area contributed by atoms with Crippen LogP contribution < -0.4 is 10.2 Å². The van der Waals surface area contributed by atoms with Crippen molar-refractivity contribution in [3.05, 3.63) is 59.4 Å². The van der Waals surface area contributed by atoms with Crippen LogP contribution >= 0.6 is 0 Å². The molecule has 13 heteroatoms. The Morgan fingerprint density at radius 2 is 1.74 bits per heavy atom. The van der Waals surface area contributed by atoms with Crippen molar-refractivity contribution in [2.45, 2.75) is 68.4 Å². The Hall–Kier alpha value is -3.71. The summed E-state index contributed by atoms with van der Waals surface area (Å²) in [6.45, 7) is 2.48. The standard InChI is InChI=1S/C33H41F3N6O4/c1-39(2)31(45)22-19-40(20-22)25-6-7-28(37-17-25)32(46)12-8-24(9-13-32)41-14-10-27-26(41)11-15-42(27)29(43)18-38-30(44)21-4-3-5-23(16-21)33(34,35)36/h3-7,16-17,22,24,26-27,46H,8-15,18-20H2,1-2H3,(H,38,44). The molecule has 3 amide bonds. The number of alkyl halides is 3. The number of aromatic nitrogens is 1. The lowest BCUT2D eigenvalue weighted by atomic mass is 9.79. The van der Waals surface area contributed by atoms with Crippen molar-refractivity contribution in [2.75, 3.05) is 51.7 Å². The normalized spacial score (nSPS) is 26.9. The summed E-state index contributed by atoms with van der Waals surface area (Å²) in [5, 5.41) is 14.0. The molecule has 1 aromatic carbocycles. The maximum absolute atomic E-state index is 13.1. The minimum atomic E-state index is -4.56. The highest BCUT2D eigenvalue weighted by Crippen LogP contribution is 2.42. The van der Waals surface area contributed by atoms with E-state index in [4.69, 9.17) is 0 Å². The summed E-state index contributed by atoms with van der Waals surface area (Å²) in [5.41, 5.74) is -0.434. The van der Waals surface area contributed by atoms with Gasteiger partial charge in [0.15, 0.2) is 0 Å². The first-order valence-corrected chi connectivity index (χ1v) is 16.0. The molecular formula is C33H41F3N6O4. The number of fused-ring (bicyclic) bond motifs is 1. The van der Waals surface area contributed by atoms with E-state index < -0.39 is 23.2 Å². The van der Waals surface area contributed by atoms with Crippen LogP contribution in [0.25, 0.3) is 0 Å². The summed E-state index contributed by atoms with van der Waals surface area (Å²) in [4.78, 5) is 50.4. The van der Waals surface area contributed by atoms with E-state index in [9.17, 15) is 32.7 Å². The number of likely N-dealkylation sites (tertiary alicyclic amines) is 2. The van der Waals surface area contributed by atoms with Gasteiger partial charge in [-0.3, -0.25) is 24.3 Å². The third-order valence-corrected chi connectivity index (χ3v) is 10.3. The number of pyridine rings is 1. The zero-order chi connectivity index (χ0) is 32.8. The van der Waals surface area contributed by atoms with Crippen LogP contribution in [0, 0.1) is 5.92 Å². The largest absolute Gasteiger partial charge is 0.416 e. The predicted octanol–water partition coefficient (Wildman–Crippen LogP) is 2.86. The van der Waals surface area contributed by atoms with Gasteiger partial charge >= 0.3 is 6.18 Å². The van der Waals surface area contributed by atoms with Crippen LogP contribution in [0.1, 0.15) is 60.1 Å². The van der Waals surface area contributed by atoms with E-state index >= 15 is 0 Å².